The van der Waals surface area contributed by atoms with Gasteiger partial charge >= 0.3 is 6.09 Å². The van der Waals surface area contributed by atoms with Gasteiger partial charge in [-0.3, -0.25) is 0 Å². The molecule has 1 aromatic heterocycles. The maximum Gasteiger partial charge on any atom is 0.407 e. The van der Waals surface area contributed by atoms with Crippen LogP contribution in [-0.4, -0.2) is 29.8 Å². The van der Waals surface area contributed by atoms with Gasteiger partial charge in [0.1, 0.15) is 11.4 Å². The minimum Gasteiger partial charge on any atom is -0.447 e. The largest absolute Gasteiger partial charge is 0.447 e. The monoisotopic (exact) mass is 267 g/mol. The van der Waals surface area contributed by atoms with Crippen LogP contribution in [0.1, 0.15) is 26.5 Å². The number of alkyl carbamates (subject to hydrolysis) is 1. The van der Waals surface area contributed by atoms with E-state index in [1.807, 2.05) is 32.9 Å². The number of nitrogens with one attached hydrogen (secondary N) is 2. The van der Waals surface area contributed by atoms with Gasteiger partial charge in [0.05, 0.1) is 12.7 Å². The molecule has 1 rings (SSSR count). The number of oxazole rings is 1. The van der Waals surface area contributed by atoms with Gasteiger partial charge in [-0.2, -0.15) is 0 Å². The lowest BCUT2D eigenvalue weighted by Crippen LogP contribution is -2.32. The summed E-state index contributed by atoms with van der Waals surface area (Å²) in [6.07, 6.45) is 6.44. The van der Waals surface area contributed by atoms with Gasteiger partial charge in [-0.25, -0.2) is 9.78 Å². The van der Waals surface area contributed by atoms with Crippen LogP contribution in [0.25, 0.3) is 0 Å². The first-order valence-corrected chi connectivity index (χ1v) is 6.17. The Morgan fingerprint density at radius 3 is 2.79 bits per heavy atom. The Kier molecular flexibility index (Phi) is 6.08. The zero-order valence-electron chi connectivity index (χ0n) is 11.6. The fraction of sp³-hybridized carbons (Fsp3) is 0.538. The molecular weight excluding hydrogens is 246 g/mol. The SMILES string of the molecule is CC(C)(C)OC(=O)NC/C=C/CNCc1cnco1. The van der Waals surface area contributed by atoms with E-state index in [2.05, 4.69) is 15.6 Å². The molecule has 0 aliphatic heterocycles. The molecule has 106 valence electrons. The first-order valence-electron chi connectivity index (χ1n) is 6.17. The third kappa shape index (κ3) is 7.99. The van der Waals surface area contributed by atoms with Gasteiger partial charge in [0.2, 0.25) is 0 Å². The second-order valence-electron chi connectivity index (χ2n) is 4.95. The summed E-state index contributed by atoms with van der Waals surface area (Å²) >= 11 is 0. The van der Waals surface area contributed by atoms with Crippen molar-refractivity contribution in [2.45, 2.75) is 32.9 Å². The molecule has 0 atom stereocenters. The number of aromatic nitrogens is 1. The summed E-state index contributed by atoms with van der Waals surface area (Å²) < 4.78 is 10.2. The average molecular weight is 267 g/mol. The van der Waals surface area contributed by atoms with Crippen molar-refractivity contribution in [2.75, 3.05) is 13.1 Å². The van der Waals surface area contributed by atoms with Crippen molar-refractivity contribution in [3.05, 3.63) is 30.5 Å². The van der Waals surface area contributed by atoms with Gasteiger partial charge < -0.3 is 19.8 Å². The molecule has 0 fully saturated rings. The molecule has 0 aliphatic carbocycles. The van der Waals surface area contributed by atoms with Crippen molar-refractivity contribution < 1.29 is 13.9 Å². The highest BCUT2D eigenvalue weighted by Crippen LogP contribution is 2.05. The normalized spacial score (nSPS) is 11.7. The molecule has 0 bridgehead atoms. The third-order valence-electron chi connectivity index (χ3n) is 1.97. The van der Waals surface area contributed by atoms with Gasteiger partial charge in [0.15, 0.2) is 6.39 Å². The lowest BCUT2D eigenvalue weighted by molar-refractivity contribution is 0.0534. The molecule has 0 spiro atoms. The summed E-state index contributed by atoms with van der Waals surface area (Å²) in [6, 6.07) is 0. The minimum atomic E-state index is -0.466. The standard InChI is InChI=1S/C13H21N3O3/c1-13(2,3)19-12(17)16-7-5-4-6-14-8-11-9-15-10-18-11/h4-5,9-10,14H,6-8H2,1-3H3,(H,16,17)/b5-4+. The quantitative estimate of drug-likeness (QED) is 0.607. The predicted molar refractivity (Wildman–Crippen MR) is 71.6 cm³/mol. The molecule has 1 aromatic rings. The maximum atomic E-state index is 11.3. The lowest BCUT2D eigenvalue weighted by atomic mass is 10.2. The molecular formula is C13H21N3O3. The molecule has 0 unspecified atom stereocenters. The van der Waals surface area contributed by atoms with E-state index >= 15 is 0 Å². The Morgan fingerprint density at radius 1 is 1.42 bits per heavy atom. The van der Waals surface area contributed by atoms with Crippen molar-refractivity contribution in [2.24, 2.45) is 0 Å². The van der Waals surface area contributed by atoms with Crippen LogP contribution < -0.4 is 10.6 Å². The van der Waals surface area contributed by atoms with Gasteiger partial charge in [-0.1, -0.05) is 12.2 Å². The van der Waals surface area contributed by atoms with E-state index in [1.54, 1.807) is 6.20 Å². The number of nitrogens with zero attached hydrogens (tertiary/aromatic N) is 1. The van der Waals surface area contributed by atoms with Crippen LogP contribution in [0.2, 0.25) is 0 Å². The van der Waals surface area contributed by atoms with Crippen LogP contribution in [0, 0.1) is 0 Å². The van der Waals surface area contributed by atoms with E-state index in [-0.39, 0.29) is 0 Å². The van der Waals surface area contributed by atoms with Crippen LogP contribution in [0.5, 0.6) is 0 Å². The molecule has 0 radical (unpaired) electrons. The van der Waals surface area contributed by atoms with Crippen molar-refractivity contribution in [1.82, 2.24) is 15.6 Å². The zero-order chi connectivity index (χ0) is 14.1. The van der Waals surface area contributed by atoms with Crippen LogP contribution in [0.15, 0.2) is 29.2 Å². The van der Waals surface area contributed by atoms with E-state index in [1.165, 1.54) is 6.39 Å². The lowest BCUT2D eigenvalue weighted by Gasteiger charge is -2.19. The van der Waals surface area contributed by atoms with Crippen LogP contribution >= 0.6 is 0 Å². The molecule has 19 heavy (non-hydrogen) atoms. The van der Waals surface area contributed by atoms with Crippen LogP contribution in [0.4, 0.5) is 4.79 Å². The Bertz CT molecular complexity index is 394. The number of hydrogen-bond acceptors (Lipinski definition) is 5. The van der Waals surface area contributed by atoms with Crippen molar-refractivity contribution in [3.8, 4) is 0 Å². The summed E-state index contributed by atoms with van der Waals surface area (Å²) in [6.45, 7) is 7.25. The highest BCUT2D eigenvalue weighted by Gasteiger charge is 2.14. The summed E-state index contributed by atoms with van der Waals surface area (Å²) in [7, 11) is 0. The van der Waals surface area contributed by atoms with Crippen LogP contribution in [-0.2, 0) is 11.3 Å². The summed E-state index contributed by atoms with van der Waals surface area (Å²) in [4.78, 5) is 15.1. The molecule has 0 aliphatic rings. The first kappa shape index (κ1) is 15.2. The topological polar surface area (TPSA) is 76.4 Å². The van der Waals surface area contributed by atoms with E-state index in [0.29, 0.717) is 19.6 Å². The van der Waals surface area contributed by atoms with E-state index < -0.39 is 11.7 Å². The number of carbonyl (C=O) groups excluding carboxylic acids is 1. The first-order chi connectivity index (χ1) is 8.97. The summed E-state index contributed by atoms with van der Waals surface area (Å²) in [5, 5.41) is 5.79. The molecule has 0 aromatic carbocycles. The van der Waals surface area contributed by atoms with Crippen LogP contribution in [0.3, 0.4) is 0 Å². The highest BCUT2D eigenvalue weighted by molar-refractivity contribution is 5.67. The molecule has 1 heterocycles. The molecule has 0 saturated carbocycles. The van der Waals surface area contributed by atoms with Crippen molar-refractivity contribution in [1.29, 1.82) is 0 Å². The number of amides is 1. The second-order valence-corrected chi connectivity index (χ2v) is 4.95. The maximum absolute atomic E-state index is 11.3. The van der Waals surface area contributed by atoms with Gasteiger partial charge in [0.25, 0.3) is 0 Å². The second kappa shape index (κ2) is 7.58. The Balaban J connectivity index is 2.03. The average Bonchev–Trinajstić information content (AvgIpc) is 2.78. The number of carbonyl (C=O) groups is 1. The Labute approximate surface area is 113 Å². The highest BCUT2D eigenvalue weighted by atomic mass is 16.6. The summed E-state index contributed by atoms with van der Waals surface area (Å²) in [5.41, 5.74) is -0.466. The van der Waals surface area contributed by atoms with Gasteiger partial charge in [0, 0.05) is 13.1 Å². The smallest absolute Gasteiger partial charge is 0.407 e. The van der Waals surface area contributed by atoms with Gasteiger partial charge in [-0.15, -0.1) is 0 Å². The van der Waals surface area contributed by atoms with E-state index in [9.17, 15) is 4.79 Å². The number of ether oxygens (including phenoxy) is 1. The van der Waals surface area contributed by atoms with Gasteiger partial charge in [-0.05, 0) is 20.8 Å². The third-order valence-corrected chi connectivity index (χ3v) is 1.97. The Morgan fingerprint density at radius 2 is 2.16 bits per heavy atom. The molecule has 0 saturated heterocycles. The van der Waals surface area contributed by atoms with E-state index in [4.69, 9.17) is 9.15 Å². The van der Waals surface area contributed by atoms with E-state index in [0.717, 1.165) is 5.76 Å². The molecule has 1 amide bonds. The molecule has 2 N–H and O–H groups in total. The van der Waals surface area contributed by atoms with Crippen molar-refractivity contribution in [3.63, 3.8) is 0 Å². The molecule has 6 heteroatoms. The predicted octanol–water partition coefficient (Wildman–Crippen LogP) is 1.85. The summed E-state index contributed by atoms with van der Waals surface area (Å²) in [5.74, 6) is 0.792. The van der Waals surface area contributed by atoms with Crippen molar-refractivity contribution >= 4 is 6.09 Å². The fourth-order valence-electron chi connectivity index (χ4n) is 1.23. The molecule has 6 nitrogen and oxygen atoms in total. The fourth-order valence-corrected chi connectivity index (χ4v) is 1.23. The number of rotatable bonds is 6. The Hall–Kier alpha value is -1.82. The number of hydrogen-bond donors (Lipinski definition) is 2. The minimum absolute atomic E-state index is 0.410. The zero-order valence-corrected chi connectivity index (χ0v) is 11.6.